The van der Waals surface area contributed by atoms with Crippen LogP contribution in [0.2, 0.25) is 0 Å². The summed E-state index contributed by atoms with van der Waals surface area (Å²) < 4.78 is 0. The number of carbonyl (C=O) groups is 2. The highest BCUT2D eigenvalue weighted by molar-refractivity contribution is 5.92. The van der Waals surface area contributed by atoms with Gasteiger partial charge in [0.25, 0.3) is 5.91 Å². The number of carbonyl (C=O) groups excluding carboxylic acids is 2. The van der Waals surface area contributed by atoms with Crippen molar-refractivity contribution in [2.45, 2.75) is 45.6 Å². The second-order valence-electron chi connectivity index (χ2n) is 6.54. The summed E-state index contributed by atoms with van der Waals surface area (Å²) >= 11 is 0. The van der Waals surface area contributed by atoms with E-state index in [1.165, 1.54) is 18.6 Å². The molecule has 2 amide bonds. The zero-order valence-electron chi connectivity index (χ0n) is 16.1. The first kappa shape index (κ1) is 20.6. The van der Waals surface area contributed by atoms with Gasteiger partial charge >= 0.3 is 0 Å². The molecule has 0 radical (unpaired) electrons. The van der Waals surface area contributed by atoms with Crippen molar-refractivity contribution >= 4 is 11.8 Å². The van der Waals surface area contributed by atoms with Gasteiger partial charge in [-0.25, -0.2) is 4.98 Å². The summed E-state index contributed by atoms with van der Waals surface area (Å²) in [6.45, 7) is 5.06. The van der Waals surface area contributed by atoms with Crippen LogP contribution in [0.4, 0.5) is 0 Å². The predicted octanol–water partition coefficient (Wildman–Crippen LogP) is 3.38. The molecule has 0 saturated heterocycles. The maximum Gasteiger partial charge on any atom is 0.274 e. The van der Waals surface area contributed by atoms with Crippen LogP contribution in [0.3, 0.4) is 0 Å². The molecule has 1 atom stereocenters. The van der Waals surface area contributed by atoms with Gasteiger partial charge in [0.2, 0.25) is 5.91 Å². The molecule has 0 aliphatic heterocycles. The molecule has 0 saturated carbocycles. The molecular formula is C21H28N4O2. The predicted molar refractivity (Wildman–Crippen MR) is 105 cm³/mol. The third-order valence-electron chi connectivity index (χ3n) is 4.39. The molecule has 2 rings (SSSR count). The fraction of sp³-hybridized carbons (Fsp3) is 0.429. The molecule has 0 bridgehead atoms. The molecule has 0 aliphatic rings. The Morgan fingerprint density at radius 2 is 1.89 bits per heavy atom. The number of aromatic nitrogens is 2. The molecule has 144 valence electrons. The molecule has 0 aliphatic carbocycles. The minimum Gasteiger partial charge on any atom is -0.350 e. The zero-order valence-corrected chi connectivity index (χ0v) is 16.1. The van der Waals surface area contributed by atoms with Crippen LogP contribution in [0, 0.1) is 0 Å². The maximum absolute atomic E-state index is 12.7. The smallest absolute Gasteiger partial charge is 0.274 e. The van der Waals surface area contributed by atoms with E-state index in [2.05, 4.69) is 22.2 Å². The summed E-state index contributed by atoms with van der Waals surface area (Å²) in [6, 6.07) is 9.76. The van der Waals surface area contributed by atoms with Gasteiger partial charge in [-0.05, 0) is 18.9 Å². The average molecular weight is 368 g/mol. The van der Waals surface area contributed by atoms with Gasteiger partial charge in [-0.3, -0.25) is 14.6 Å². The second kappa shape index (κ2) is 11.1. The highest BCUT2D eigenvalue weighted by Gasteiger charge is 2.18. The fourth-order valence-corrected chi connectivity index (χ4v) is 2.81. The number of nitrogens with zero attached hydrogens (tertiary/aromatic N) is 3. The normalized spacial score (nSPS) is 11.6. The van der Waals surface area contributed by atoms with Crippen molar-refractivity contribution in [3.8, 4) is 0 Å². The Hall–Kier alpha value is -2.76. The number of rotatable bonds is 10. The van der Waals surface area contributed by atoms with Crippen molar-refractivity contribution in [2.24, 2.45) is 0 Å². The van der Waals surface area contributed by atoms with Crippen LogP contribution in [0.1, 0.15) is 61.6 Å². The summed E-state index contributed by atoms with van der Waals surface area (Å²) in [5.41, 5.74) is 1.37. The van der Waals surface area contributed by atoms with E-state index in [0.29, 0.717) is 18.8 Å². The van der Waals surface area contributed by atoms with Crippen molar-refractivity contribution in [3.05, 3.63) is 60.2 Å². The largest absolute Gasteiger partial charge is 0.350 e. The fourth-order valence-electron chi connectivity index (χ4n) is 2.81. The Morgan fingerprint density at radius 1 is 1.11 bits per heavy atom. The second-order valence-corrected chi connectivity index (χ2v) is 6.54. The molecular weight excluding hydrogens is 340 g/mol. The van der Waals surface area contributed by atoms with Gasteiger partial charge in [0, 0.05) is 31.9 Å². The monoisotopic (exact) mass is 368 g/mol. The third-order valence-corrected chi connectivity index (χ3v) is 4.39. The molecule has 2 aromatic rings. The number of amides is 2. The lowest BCUT2D eigenvalue weighted by Crippen LogP contribution is -2.37. The van der Waals surface area contributed by atoms with Crippen molar-refractivity contribution in [3.63, 3.8) is 0 Å². The highest BCUT2D eigenvalue weighted by atomic mass is 16.2. The van der Waals surface area contributed by atoms with Gasteiger partial charge in [-0.1, -0.05) is 50.1 Å². The van der Waals surface area contributed by atoms with E-state index in [9.17, 15) is 9.59 Å². The molecule has 1 aromatic carbocycles. The van der Waals surface area contributed by atoms with Crippen LogP contribution in [0.25, 0.3) is 0 Å². The van der Waals surface area contributed by atoms with E-state index in [0.717, 1.165) is 24.8 Å². The van der Waals surface area contributed by atoms with Gasteiger partial charge in [0.05, 0.1) is 12.2 Å². The quantitative estimate of drug-likeness (QED) is 0.653. The lowest BCUT2D eigenvalue weighted by molar-refractivity contribution is -0.121. The number of hydrogen-bond donors (Lipinski definition) is 1. The molecule has 6 heteroatoms. The molecule has 0 fully saturated rings. The Kier molecular flexibility index (Phi) is 8.42. The highest BCUT2D eigenvalue weighted by Crippen LogP contribution is 2.11. The lowest BCUT2D eigenvalue weighted by atomic mass is 10.1. The molecule has 1 N–H and O–H groups in total. The van der Waals surface area contributed by atoms with Crippen LogP contribution in [-0.4, -0.2) is 39.8 Å². The van der Waals surface area contributed by atoms with Gasteiger partial charge in [0.1, 0.15) is 5.69 Å². The number of hydrogen-bond acceptors (Lipinski definition) is 4. The standard InChI is InChI=1S/C21H28N4O2/c1-3-4-8-14-25(21(27)19-16-22-12-13-23-19)15-11-20(26)24-17(2)18-9-6-5-7-10-18/h5-7,9-10,12-13,16-17H,3-4,8,11,14-15H2,1-2H3,(H,24,26). The number of unbranched alkanes of at least 4 members (excludes halogenated alkanes) is 2. The van der Waals surface area contributed by atoms with Crippen molar-refractivity contribution in [1.82, 2.24) is 20.2 Å². The van der Waals surface area contributed by atoms with Crippen molar-refractivity contribution < 1.29 is 9.59 Å². The van der Waals surface area contributed by atoms with E-state index in [1.54, 1.807) is 4.90 Å². The van der Waals surface area contributed by atoms with Crippen LogP contribution in [0.5, 0.6) is 0 Å². The maximum atomic E-state index is 12.7. The first-order valence-corrected chi connectivity index (χ1v) is 9.51. The molecule has 1 heterocycles. The van der Waals surface area contributed by atoms with E-state index in [-0.39, 0.29) is 24.3 Å². The summed E-state index contributed by atoms with van der Waals surface area (Å²) in [4.78, 5) is 34.8. The van der Waals surface area contributed by atoms with Crippen LogP contribution >= 0.6 is 0 Å². The summed E-state index contributed by atoms with van der Waals surface area (Å²) in [5.74, 6) is -0.248. The Balaban J connectivity index is 1.92. The van der Waals surface area contributed by atoms with Gasteiger partial charge < -0.3 is 10.2 Å². The van der Waals surface area contributed by atoms with E-state index in [1.807, 2.05) is 37.3 Å². The minimum absolute atomic E-state index is 0.0667. The minimum atomic E-state index is -0.178. The number of nitrogens with one attached hydrogen (secondary N) is 1. The molecule has 27 heavy (non-hydrogen) atoms. The summed E-state index contributed by atoms with van der Waals surface area (Å²) in [6.07, 6.45) is 7.79. The topological polar surface area (TPSA) is 75.2 Å². The summed E-state index contributed by atoms with van der Waals surface area (Å²) in [5, 5.41) is 2.99. The van der Waals surface area contributed by atoms with Crippen LogP contribution in [-0.2, 0) is 4.79 Å². The molecule has 6 nitrogen and oxygen atoms in total. The SMILES string of the molecule is CCCCCN(CCC(=O)NC(C)c1ccccc1)C(=O)c1cnccn1. The molecule has 1 unspecified atom stereocenters. The Bertz CT molecular complexity index is 707. The van der Waals surface area contributed by atoms with Gasteiger partial charge in [0.15, 0.2) is 0 Å². The van der Waals surface area contributed by atoms with Gasteiger partial charge in [-0.2, -0.15) is 0 Å². The van der Waals surface area contributed by atoms with E-state index >= 15 is 0 Å². The van der Waals surface area contributed by atoms with Crippen molar-refractivity contribution in [2.75, 3.05) is 13.1 Å². The van der Waals surface area contributed by atoms with Crippen LogP contribution < -0.4 is 5.32 Å². The molecule has 1 aromatic heterocycles. The molecule has 0 spiro atoms. The zero-order chi connectivity index (χ0) is 19.5. The number of benzene rings is 1. The summed E-state index contributed by atoms with van der Waals surface area (Å²) in [7, 11) is 0. The van der Waals surface area contributed by atoms with E-state index in [4.69, 9.17) is 0 Å². The Morgan fingerprint density at radius 3 is 2.56 bits per heavy atom. The van der Waals surface area contributed by atoms with Crippen LogP contribution in [0.15, 0.2) is 48.9 Å². The average Bonchev–Trinajstić information content (AvgIpc) is 2.71. The lowest BCUT2D eigenvalue weighted by Gasteiger charge is -2.22. The van der Waals surface area contributed by atoms with E-state index < -0.39 is 0 Å². The van der Waals surface area contributed by atoms with Crippen molar-refractivity contribution in [1.29, 1.82) is 0 Å². The first-order chi connectivity index (χ1) is 13.1. The Labute approximate surface area is 161 Å². The van der Waals surface area contributed by atoms with Gasteiger partial charge in [-0.15, -0.1) is 0 Å². The third kappa shape index (κ3) is 6.81. The first-order valence-electron chi connectivity index (χ1n) is 9.51.